The van der Waals surface area contributed by atoms with Crippen LogP contribution in [0.2, 0.25) is 0 Å². The number of esters is 1. The van der Waals surface area contributed by atoms with Gasteiger partial charge in [0, 0.05) is 14.1 Å². The van der Waals surface area contributed by atoms with Gasteiger partial charge in [0.1, 0.15) is 6.61 Å². The topological polar surface area (TPSA) is 71.3 Å². The highest BCUT2D eigenvalue weighted by atomic mass is 16.5. The normalized spacial score (nSPS) is 18.1. The quantitative estimate of drug-likeness (QED) is 0.387. The average molecular weight is 414 g/mol. The molecule has 0 aliphatic heterocycles. The minimum absolute atomic E-state index is 0.220. The lowest BCUT2D eigenvalue weighted by atomic mass is 9.82. The van der Waals surface area contributed by atoms with Gasteiger partial charge in [-0.3, -0.25) is 4.79 Å². The fourth-order valence-corrected chi connectivity index (χ4v) is 3.77. The molecule has 30 heavy (non-hydrogen) atoms. The molecule has 0 atom stereocenters. The predicted octanol–water partition coefficient (Wildman–Crippen LogP) is 4.64. The Morgan fingerprint density at radius 3 is 2.30 bits per heavy atom. The van der Waals surface area contributed by atoms with Crippen molar-refractivity contribution >= 4 is 18.4 Å². The molecule has 3 rings (SSSR count). The summed E-state index contributed by atoms with van der Waals surface area (Å²) in [5, 5.41) is 0. The van der Waals surface area contributed by atoms with Crippen molar-refractivity contribution in [3.05, 3.63) is 35.9 Å². The second-order valence-corrected chi connectivity index (χ2v) is 8.36. The van der Waals surface area contributed by atoms with Crippen LogP contribution in [0.15, 0.2) is 40.3 Å². The third kappa shape index (κ3) is 8.11. The SMILES string of the molecule is CN(C)C=O.O=C(OCc1ccccc1)C1(N=C=NC2CCCCC2)CCCCC1. The number of rotatable bonds is 6. The van der Waals surface area contributed by atoms with E-state index in [1.54, 1.807) is 14.1 Å². The van der Waals surface area contributed by atoms with E-state index in [1.165, 1.54) is 24.2 Å². The van der Waals surface area contributed by atoms with Gasteiger partial charge < -0.3 is 9.64 Å². The standard InChI is InChI=1S/C21H28N2O2.C3H7NO/c24-20(25-16-18-10-4-1-5-11-18)21(14-8-3-9-15-21)23-17-22-19-12-6-2-7-13-19;1-4(2)3-5/h1,4-5,10-11,19H,2-3,6-9,12-16H2;3H,1-2H3. The largest absolute Gasteiger partial charge is 0.459 e. The van der Waals surface area contributed by atoms with Gasteiger partial charge in [0.25, 0.3) is 0 Å². The first-order valence-corrected chi connectivity index (χ1v) is 11.1. The molecule has 6 heteroatoms. The maximum atomic E-state index is 12.8. The third-order valence-corrected chi connectivity index (χ3v) is 5.56. The maximum absolute atomic E-state index is 12.8. The van der Waals surface area contributed by atoms with Crippen molar-refractivity contribution < 1.29 is 14.3 Å². The van der Waals surface area contributed by atoms with Crippen molar-refractivity contribution in [2.24, 2.45) is 9.98 Å². The van der Waals surface area contributed by atoms with Gasteiger partial charge in [-0.2, -0.15) is 0 Å². The second kappa shape index (κ2) is 13.0. The number of amides is 1. The van der Waals surface area contributed by atoms with E-state index in [0.29, 0.717) is 12.6 Å². The molecular weight excluding hydrogens is 378 g/mol. The highest BCUT2D eigenvalue weighted by Crippen LogP contribution is 2.33. The first kappa shape index (κ1) is 23.8. The molecule has 2 aliphatic rings. The summed E-state index contributed by atoms with van der Waals surface area (Å²) < 4.78 is 5.60. The zero-order valence-electron chi connectivity index (χ0n) is 18.4. The minimum Gasteiger partial charge on any atom is -0.459 e. The molecule has 1 aromatic carbocycles. The molecule has 0 heterocycles. The number of aliphatic imine (C=N–C) groups is 2. The molecule has 164 valence electrons. The maximum Gasteiger partial charge on any atom is 0.335 e. The molecule has 6 nitrogen and oxygen atoms in total. The Hall–Kier alpha value is -2.46. The highest BCUT2D eigenvalue weighted by Gasteiger charge is 2.41. The zero-order chi connectivity index (χ0) is 21.7. The fourth-order valence-electron chi connectivity index (χ4n) is 3.77. The molecule has 0 N–H and O–H groups in total. The van der Waals surface area contributed by atoms with E-state index in [4.69, 9.17) is 4.74 Å². The summed E-state index contributed by atoms with van der Waals surface area (Å²) in [5.41, 5.74) is 0.229. The molecule has 0 spiro atoms. The minimum atomic E-state index is -0.773. The smallest absolute Gasteiger partial charge is 0.335 e. The molecular formula is C24H35N3O3. The molecule has 1 amide bonds. The molecule has 0 bridgehead atoms. The summed E-state index contributed by atoms with van der Waals surface area (Å²) in [4.78, 5) is 32.7. The van der Waals surface area contributed by atoms with Crippen molar-refractivity contribution in [3.8, 4) is 0 Å². The van der Waals surface area contributed by atoms with Crippen LogP contribution in [0.1, 0.15) is 69.8 Å². The summed E-state index contributed by atoms with van der Waals surface area (Å²) in [6.45, 7) is 0.302. The lowest BCUT2D eigenvalue weighted by Gasteiger charge is -2.30. The van der Waals surface area contributed by atoms with Gasteiger partial charge in [0.2, 0.25) is 6.41 Å². The number of benzene rings is 1. The Kier molecular flexibility index (Phi) is 10.3. The molecule has 2 saturated carbocycles. The van der Waals surface area contributed by atoms with Gasteiger partial charge in [-0.15, -0.1) is 0 Å². The summed E-state index contributed by atoms with van der Waals surface area (Å²) in [6, 6.07) is 13.0. The first-order chi connectivity index (χ1) is 14.6. The number of hydrogen-bond acceptors (Lipinski definition) is 5. The van der Waals surface area contributed by atoms with Crippen LogP contribution >= 0.6 is 0 Å². The number of carbonyl (C=O) groups is 2. The van der Waals surface area contributed by atoms with Gasteiger partial charge >= 0.3 is 5.97 Å². The second-order valence-electron chi connectivity index (χ2n) is 8.36. The molecule has 2 aliphatic carbocycles. The van der Waals surface area contributed by atoms with E-state index >= 15 is 0 Å². The molecule has 0 saturated heterocycles. The fraction of sp³-hybridized carbons (Fsp3) is 0.625. The Labute approximate surface area is 180 Å². The van der Waals surface area contributed by atoms with Crippen LogP contribution in [-0.2, 0) is 20.9 Å². The van der Waals surface area contributed by atoms with Crippen molar-refractivity contribution in [2.45, 2.75) is 82.4 Å². The van der Waals surface area contributed by atoms with Gasteiger partial charge in [-0.25, -0.2) is 14.8 Å². The van der Waals surface area contributed by atoms with E-state index in [0.717, 1.165) is 56.9 Å². The van der Waals surface area contributed by atoms with E-state index in [-0.39, 0.29) is 5.97 Å². The average Bonchev–Trinajstić information content (AvgIpc) is 2.80. The van der Waals surface area contributed by atoms with Crippen LogP contribution in [0.4, 0.5) is 0 Å². The summed E-state index contributed by atoms with van der Waals surface area (Å²) >= 11 is 0. The lowest BCUT2D eigenvalue weighted by molar-refractivity contribution is -0.152. The molecule has 2 fully saturated rings. The monoisotopic (exact) mass is 413 g/mol. The van der Waals surface area contributed by atoms with Crippen LogP contribution < -0.4 is 0 Å². The van der Waals surface area contributed by atoms with Crippen LogP contribution in [0.3, 0.4) is 0 Å². The van der Waals surface area contributed by atoms with E-state index in [9.17, 15) is 9.59 Å². The van der Waals surface area contributed by atoms with Crippen molar-refractivity contribution in [3.63, 3.8) is 0 Å². The van der Waals surface area contributed by atoms with Crippen molar-refractivity contribution in [1.29, 1.82) is 0 Å². The zero-order valence-corrected chi connectivity index (χ0v) is 18.4. The summed E-state index contributed by atoms with van der Waals surface area (Å²) in [7, 11) is 3.38. The molecule has 1 aromatic rings. The summed E-state index contributed by atoms with van der Waals surface area (Å²) in [5.74, 6) is -0.220. The van der Waals surface area contributed by atoms with Gasteiger partial charge in [-0.05, 0) is 31.2 Å². The van der Waals surface area contributed by atoms with E-state index in [2.05, 4.69) is 16.0 Å². The van der Waals surface area contributed by atoms with E-state index in [1.807, 2.05) is 30.3 Å². The number of nitrogens with zero attached hydrogens (tertiary/aromatic N) is 3. The number of hydrogen-bond donors (Lipinski definition) is 0. The van der Waals surface area contributed by atoms with E-state index < -0.39 is 5.54 Å². The predicted molar refractivity (Wildman–Crippen MR) is 119 cm³/mol. The Bertz CT molecular complexity index is 700. The van der Waals surface area contributed by atoms with Gasteiger partial charge in [0.05, 0.1) is 12.1 Å². The Morgan fingerprint density at radius 1 is 1.10 bits per heavy atom. The van der Waals surface area contributed by atoms with Crippen LogP contribution in [0, 0.1) is 0 Å². The van der Waals surface area contributed by atoms with Gasteiger partial charge in [0.15, 0.2) is 5.54 Å². The first-order valence-electron chi connectivity index (χ1n) is 11.1. The molecule has 0 aromatic heterocycles. The van der Waals surface area contributed by atoms with Crippen LogP contribution in [-0.4, -0.2) is 49.0 Å². The molecule has 0 radical (unpaired) electrons. The molecule has 0 unspecified atom stereocenters. The lowest BCUT2D eigenvalue weighted by Crippen LogP contribution is -2.40. The van der Waals surface area contributed by atoms with Crippen LogP contribution in [0.5, 0.6) is 0 Å². The van der Waals surface area contributed by atoms with Crippen LogP contribution in [0.25, 0.3) is 0 Å². The number of carbonyl (C=O) groups excluding carboxylic acids is 2. The Morgan fingerprint density at radius 2 is 1.70 bits per heavy atom. The Balaban J connectivity index is 0.000000575. The van der Waals surface area contributed by atoms with Gasteiger partial charge in [-0.1, -0.05) is 68.9 Å². The highest BCUT2D eigenvalue weighted by molar-refractivity contribution is 5.82. The van der Waals surface area contributed by atoms with Crippen molar-refractivity contribution in [2.75, 3.05) is 14.1 Å². The number of ether oxygens (including phenoxy) is 1. The van der Waals surface area contributed by atoms with Crippen molar-refractivity contribution in [1.82, 2.24) is 4.90 Å². The summed E-state index contributed by atoms with van der Waals surface area (Å²) in [6.07, 6.45) is 11.4. The third-order valence-electron chi connectivity index (χ3n) is 5.56.